The summed E-state index contributed by atoms with van der Waals surface area (Å²) in [5, 5.41) is 0. The van der Waals surface area contributed by atoms with Gasteiger partial charge in [-0.3, -0.25) is 0 Å². The Labute approximate surface area is 69.8 Å². The fourth-order valence-corrected chi connectivity index (χ4v) is 1.30. The van der Waals surface area contributed by atoms with Gasteiger partial charge in [0.25, 0.3) is 0 Å². The van der Waals surface area contributed by atoms with Crippen LogP contribution in [0, 0.1) is 0 Å². The molecule has 0 amide bonds. The second-order valence-corrected chi connectivity index (χ2v) is 4.00. The second kappa shape index (κ2) is 3.27. The number of benzene rings is 1. The summed E-state index contributed by atoms with van der Waals surface area (Å²) >= 11 is 1.23. The van der Waals surface area contributed by atoms with Crippen molar-refractivity contribution in [1.82, 2.24) is 0 Å². The van der Waals surface area contributed by atoms with Gasteiger partial charge in [0, 0.05) is 0 Å². The predicted octanol–water partition coefficient (Wildman–Crippen LogP) is 0.507. The van der Waals surface area contributed by atoms with Crippen molar-refractivity contribution in [2.45, 2.75) is 13.3 Å². The van der Waals surface area contributed by atoms with E-state index in [2.05, 4.69) is 31.2 Å². The Hall–Kier alpha value is 0.0382. The molecule has 0 heterocycles. The average molecular weight is 229 g/mol. The quantitative estimate of drug-likeness (QED) is 0.615. The third kappa shape index (κ3) is 2.02. The molecule has 0 aliphatic carbocycles. The molecule has 0 nitrogen and oxygen atoms in total. The summed E-state index contributed by atoms with van der Waals surface area (Å²) in [5.74, 6) is 0. The summed E-state index contributed by atoms with van der Waals surface area (Å²) in [6, 6.07) is 8.84. The molecule has 0 saturated carbocycles. The van der Waals surface area contributed by atoms with Gasteiger partial charge < -0.3 is 0 Å². The topological polar surface area (TPSA) is 0 Å². The van der Waals surface area contributed by atoms with Crippen LogP contribution in [0.3, 0.4) is 0 Å². The van der Waals surface area contributed by atoms with Gasteiger partial charge >= 0.3 is 69.7 Å². The fraction of sp³-hybridized carbons (Fsp3) is 0.250. The second-order valence-electron chi connectivity index (χ2n) is 2.10. The molecule has 1 heteroatoms. The summed E-state index contributed by atoms with van der Waals surface area (Å²) in [6.45, 7) is 2.18. The van der Waals surface area contributed by atoms with Crippen LogP contribution in [0.4, 0.5) is 0 Å². The Morgan fingerprint density at radius 1 is 1.22 bits per heavy atom. The number of hydrogen-bond donors (Lipinski definition) is 0. The third-order valence-electron chi connectivity index (χ3n) is 1.39. The number of aryl methyl sites for hydroxylation is 1. The standard InChI is InChI=1S/C8H9.Sb.2H/c1-2-8-6-4-3-5-7-8;;;/h4-7H,2H2,1H3;;;. The van der Waals surface area contributed by atoms with Crippen molar-refractivity contribution in [3.63, 3.8) is 0 Å². The van der Waals surface area contributed by atoms with E-state index < -0.39 is 0 Å². The van der Waals surface area contributed by atoms with Crippen molar-refractivity contribution < 1.29 is 0 Å². The zero-order chi connectivity index (χ0) is 6.69. The van der Waals surface area contributed by atoms with Gasteiger partial charge in [-0.2, -0.15) is 0 Å². The molecule has 0 fully saturated rings. The van der Waals surface area contributed by atoms with Gasteiger partial charge in [0.15, 0.2) is 0 Å². The van der Waals surface area contributed by atoms with E-state index in [1.807, 2.05) is 0 Å². The molecule has 0 radical (unpaired) electrons. The Morgan fingerprint density at radius 3 is 2.22 bits per heavy atom. The van der Waals surface area contributed by atoms with E-state index in [-0.39, 0.29) is 0 Å². The van der Waals surface area contributed by atoms with Crippen LogP contribution in [0.15, 0.2) is 24.3 Å². The zero-order valence-corrected chi connectivity index (χ0v) is 8.89. The molecule has 0 aromatic heterocycles. The fourth-order valence-electron chi connectivity index (χ4n) is 0.753. The average Bonchev–Trinajstić information content (AvgIpc) is 1.90. The van der Waals surface area contributed by atoms with Gasteiger partial charge in [0.2, 0.25) is 0 Å². The van der Waals surface area contributed by atoms with E-state index in [4.69, 9.17) is 0 Å². The molecule has 1 rings (SSSR count). The molecule has 48 valence electrons. The normalized spacial score (nSPS) is 9.56. The molecule has 1 aromatic rings. The van der Waals surface area contributed by atoms with Crippen molar-refractivity contribution in [3.8, 4) is 0 Å². The van der Waals surface area contributed by atoms with Gasteiger partial charge in [-0.05, 0) is 0 Å². The molecule has 0 N–H and O–H groups in total. The van der Waals surface area contributed by atoms with E-state index in [1.54, 1.807) is 0 Å². The van der Waals surface area contributed by atoms with Crippen LogP contribution in [0.1, 0.15) is 12.5 Å². The summed E-state index contributed by atoms with van der Waals surface area (Å²) in [5.41, 5.74) is 1.44. The molecule has 0 atom stereocenters. The Balaban J connectivity index is 2.88. The maximum absolute atomic E-state index is 2.21. The zero-order valence-electron chi connectivity index (χ0n) is 5.59. The summed E-state index contributed by atoms with van der Waals surface area (Å²) in [7, 11) is 0. The summed E-state index contributed by atoms with van der Waals surface area (Å²) in [6.07, 6.45) is 1.15. The summed E-state index contributed by atoms with van der Waals surface area (Å²) < 4.78 is 1.47. The van der Waals surface area contributed by atoms with Crippen molar-refractivity contribution in [3.05, 3.63) is 29.8 Å². The minimum absolute atomic E-state index is 1.15. The molecule has 0 bridgehead atoms. The van der Waals surface area contributed by atoms with Crippen LogP contribution in [-0.4, -0.2) is 23.0 Å². The molecular weight excluding hydrogens is 218 g/mol. The van der Waals surface area contributed by atoms with Crippen LogP contribution in [0.2, 0.25) is 0 Å². The van der Waals surface area contributed by atoms with E-state index in [0.29, 0.717) is 0 Å². The van der Waals surface area contributed by atoms with Crippen LogP contribution in [-0.2, 0) is 6.42 Å². The first-order valence-corrected chi connectivity index (χ1v) is 4.82. The van der Waals surface area contributed by atoms with Crippen LogP contribution < -0.4 is 3.51 Å². The molecule has 9 heavy (non-hydrogen) atoms. The van der Waals surface area contributed by atoms with E-state index in [0.717, 1.165) is 6.42 Å². The van der Waals surface area contributed by atoms with E-state index >= 15 is 0 Å². The summed E-state index contributed by atoms with van der Waals surface area (Å²) in [4.78, 5) is 0. The van der Waals surface area contributed by atoms with Crippen molar-refractivity contribution >= 4 is 26.5 Å². The SMILES string of the molecule is CCc1cc[c]([SbH2])cc1. The van der Waals surface area contributed by atoms with Crippen molar-refractivity contribution in [2.75, 3.05) is 0 Å². The van der Waals surface area contributed by atoms with Gasteiger partial charge in [-0.15, -0.1) is 0 Å². The van der Waals surface area contributed by atoms with Crippen LogP contribution in [0.5, 0.6) is 0 Å². The Morgan fingerprint density at radius 2 is 1.78 bits per heavy atom. The van der Waals surface area contributed by atoms with Crippen LogP contribution in [0.25, 0.3) is 0 Å². The molecule has 0 aliphatic heterocycles. The van der Waals surface area contributed by atoms with Crippen LogP contribution >= 0.6 is 0 Å². The monoisotopic (exact) mass is 228 g/mol. The van der Waals surface area contributed by atoms with Crippen molar-refractivity contribution in [1.29, 1.82) is 0 Å². The maximum atomic E-state index is 2.21. The molecular formula is C8H11Sb. The van der Waals surface area contributed by atoms with Gasteiger partial charge in [-0.25, -0.2) is 0 Å². The van der Waals surface area contributed by atoms with Crippen molar-refractivity contribution in [2.24, 2.45) is 0 Å². The van der Waals surface area contributed by atoms with Gasteiger partial charge in [0.1, 0.15) is 0 Å². The molecule has 0 aliphatic rings. The first-order valence-electron chi connectivity index (χ1n) is 3.17. The molecule has 0 saturated heterocycles. The molecule has 0 spiro atoms. The predicted molar refractivity (Wildman–Crippen MR) is 44.0 cm³/mol. The number of rotatable bonds is 1. The van der Waals surface area contributed by atoms with Gasteiger partial charge in [0.05, 0.1) is 0 Å². The van der Waals surface area contributed by atoms with E-state index in [1.165, 1.54) is 32.1 Å². The Bertz CT molecular complexity index is 176. The first kappa shape index (κ1) is 7.15. The molecule has 0 unspecified atom stereocenters. The first-order chi connectivity index (χ1) is 4.33. The Kier molecular flexibility index (Phi) is 2.60. The minimum atomic E-state index is 1.15. The van der Waals surface area contributed by atoms with E-state index in [9.17, 15) is 0 Å². The number of hydrogen-bond acceptors (Lipinski definition) is 0. The third-order valence-corrected chi connectivity index (χ3v) is 2.49. The molecule has 1 aromatic carbocycles. The van der Waals surface area contributed by atoms with Gasteiger partial charge in [-0.1, -0.05) is 0 Å².